The molecule has 1 aliphatic heterocycles. The zero-order valence-corrected chi connectivity index (χ0v) is 16.2. The van der Waals surface area contributed by atoms with Crippen molar-refractivity contribution in [3.05, 3.63) is 49.1 Å². The predicted octanol–water partition coefficient (Wildman–Crippen LogP) is 2.96. The number of rotatable bonds is 5. The van der Waals surface area contributed by atoms with E-state index < -0.39 is 0 Å². The van der Waals surface area contributed by atoms with Crippen LogP contribution in [0.15, 0.2) is 49.1 Å². The van der Waals surface area contributed by atoms with Gasteiger partial charge in [0.05, 0.1) is 30.9 Å². The first kappa shape index (κ1) is 17.7. The lowest BCUT2D eigenvalue weighted by Crippen LogP contribution is -2.35. The second kappa shape index (κ2) is 7.56. The minimum atomic E-state index is 0.457. The topological polar surface area (TPSA) is 92.2 Å². The number of anilines is 1. The van der Waals surface area contributed by atoms with Crippen molar-refractivity contribution in [2.45, 2.75) is 18.9 Å². The number of hydrogen-bond acceptors (Lipinski definition) is 6. The molecule has 0 saturated carbocycles. The van der Waals surface area contributed by atoms with E-state index in [-0.39, 0.29) is 0 Å². The third-order valence-corrected chi connectivity index (χ3v) is 5.34. The highest BCUT2D eigenvalue weighted by atomic mass is 16.5. The number of hydrogen-bond donors (Lipinski definition) is 3. The molecular formula is C21H23N7O. The Kier molecular flexibility index (Phi) is 4.61. The van der Waals surface area contributed by atoms with Crippen LogP contribution in [0.25, 0.3) is 28.2 Å². The number of nitrogens with one attached hydrogen (secondary N) is 3. The van der Waals surface area contributed by atoms with E-state index in [2.05, 4.69) is 25.8 Å². The molecule has 4 aromatic heterocycles. The molecule has 0 aromatic carbocycles. The van der Waals surface area contributed by atoms with Gasteiger partial charge in [-0.25, -0.2) is 9.97 Å². The fraction of sp³-hybridized carbons (Fsp3) is 0.286. The van der Waals surface area contributed by atoms with E-state index in [9.17, 15) is 0 Å². The summed E-state index contributed by atoms with van der Waals surface area (Å²) in [6, 6.07) is 8.46. The molecule has 0 spiro atoms. The van der Waals surface area contributed by atoms with Crippen molar-refractivity contribution in [2.75, 3.05) is 25.5 Å². The summed E-state index contributed by atoms with van der Waals surface area (Å²) in [6.45, 7) is 2.09. The third-order valence-electron chi connectivity index (χ3n) is 5.34. The summed E-state index contributed by atoms with van der Waals surface area (Å²) in [5, 5.41) is 13.9. The van der Waals surface area contributed by atoms with Gasteiger partial charge in [-0.1, -0.05) is 6.07 Å². The first-order valence-corrected chi connectivity index (χ1v) is 9.81. The van der Waals surface area contributed by atoms with Crippen LogP contribution in [0.3, 0.4) is 0 Å². The highest BCUT2D eigenvalue weighted by molar-refractivity contribution is 5.73. The van der Waals surface area contributed by atoms with Gasteiger partial charge in [0.1, 0.15) is 17.2 Å². The fourth-order valence-electron chi connectivity index (χ4n) is 3.81. The summed E-state index contributed by atoms with van der Waals surface area (Å²) in [7, 11) is 1.66. The van der Waals surface area contributed by atoms with E-state index in [0.717, 1.165) is 65.7 Å². The van der Waals surface area contributed by atoms with E-state index >= 15 is 0 Å². The summed E-state index contributed by atoms with van der Waals surface area (Å²) in [4.78, 5) is 9.41. The quantitative estimate of drug-likeness (QED) is 0.486. The number of nitrogens with zero attached hydrogens (tertiary/aromatic N) is 4. The normalized spacial score (nSPS) is 14.9. The van der Waals surface area contributed by atoms with Crippen LogP contribution in [0.4, 0.5) is 5.82 Å². The Morgan fingerprint density at radius 1 is 1.21 bits per heavy atom. The van der Waals surface area contributed by atoms with Gasteiger partial charge in [0.2, 0.25) is 0 Å². The molecule has 0 aliphatic carbocycles. The van der Waals surface area contributed by atoms with Gasteiger partial charge >= 0.3 is 0 Å². The molecule has 5 rings (SSSR count). The summed E-state index contributed by atoms with van der Waals surface area (Å²) in [6.07, 6.45) is 9.72. The minimum absolute atomic E-state index is 0.457. The van der Waals surface area contributed by atoms with Gasteiger partial charge in [-0.3, -0.25) is 9.50 Å². The second-order valence-electron chi connectivity index (χ2n) is 7.19. The minimum Gasteiger partial charge on any atom is -0.496 e. The molecule has 0 bridgehead atoms. The number of fused-ring (bicyclic) bond motifs is 1. The Morgan fingerprint density at radius 2 is 2.10 bits per heavy atom. The largest absolute Gasteiger partial charge is 0.496 e. The first-order valence-electron chi connectivity index (χ1n) is 9.81. The van der Waals surface area contributed by atoms with E-state index in [0.29, 0.717) is 6.04 Å². The monoisotopic (exact) mass is 389 g/mol. The molecule has 0 unspecified atom stereocenters. The first-order chi connectivity index (χ1) is 14.3. The van der Waals surface area contributed by atoms with Crippen molar-refractivity contribution in [1.82, 2.24) is 29.9 Å². The standard InChI is InChI=1S/C21H23N7O/c1-29-19-9-21-23-12-18(28(21)13-16(19)14-10-24-25-11-14)17-3-2-4-20(27-17)26-15-5-7-22-8-6-15/h2-4,9-13,15,22H,5-8H2,1H3,(H,24,25)(H,26,27). The molecule has 8 nitrogen and oxygen atoms in total. The zero-order valence-electron chi connectivity index (χ0n) is 16.2. The van der Waals surface area contributed by atoms with Crippen LogP contribution in [0.5, 0.6) is 5.75 Å². The van der Waals surface area contributed by atoms with Gasteiger partial charge in [-0.2, -0.15) is 5.10 Å². The van der Waals surface area contributed by atoms with E-state index in [1.165, 1.54) is 0 Å². The van der Waals surface area contributed by atoms with Gasteiger partial charge in [0, 0.05) is 35.6 Å². The average molecular weight is 389 g/mol. The lowest BCUT2D eigenvalue weighted by atomic mass is 10.1. The molecule has 0 amide bonds. The molecule has 5 heterocycles. The average Bonchev–Trinajstić information content (AvgIpc) is 3.43. The molecule has 4 aromatic rings. The Hall–Kier alpha value is -3.39. The van der Waals surface area contributed by atoms with Crippen molar-refractivity contribution in [3.8, 4) is 28.3 Å². The van der Waals surface area contributed by atoms with Crippen LogP contribution in [0.2, 0.25) is 0 Å². The van der Waals surface area contributed by atoms with Gasteiger partial charge in [0.25, 0.3) is 0 Å². The van der Waals surface area contributed by atoms with Crippen molar-refractivity contribution in [1.29, 1.82) is 0 Å². The van der Waals surface area contributed by atoms with Crippen molar-refractivity contribution in [2.24, 2.45) is 0 Å². The number of H-pyrrole nitrogens is 1. The van der Waals surface area contributed by atoms with E-state index in [1.54, 1.807) is 13.3 Å². The van der Waals surface area contributed by atoms with Crippen molar-refractivity contribution in [3.63, 3.8) is 0 Å². The molecule has 0 atom stereocenters. The highest BCUT2D eigenvalue weighted by Crippen LogP contribution is 2.32. The molecule has 3 N–H and O–H groups in total. The summed E-state index contributed by atoms with van der Waals surface area (Å²) < 4.78 is 7.61. The predicted molar refractivity (Wildman–Crippen MR) is 112 cm³/mol. The molecule has 0 radical (unpaired) electrons. The summed E-state index contributed by atoms with van der Waals surface area (Å²) >= 11 is 0. The van der Waals surface area contributed by atoms with Crippen molar-refractivity contribution >= 4 is 11.5 Å². The van der Waals surface area contributed by atoms with Crippen LogP contribution in [0.1, 0.15) is 12.8 Å². The lowest BCUT2D eigenvalue weighted by molar-refractivity contribution is 0.416. The Balaban J connectivity index is 1.53. The molecule has 1 saturated heterocycles. The summed E-state index contributed by atoms with van der Waals surface area (Å²) in [5.41, 5.74) is 4.51. The molecule has 148 valence electrons. The Labute approximate surface area is 168 Å². The van der Waals surface area contributed by atoms with Gasteiger partial charge in [-0.15, -0.1) is 0 Å². The zero-order chi connectivity index (χ0) is 19.6. The van der Waals surface area contributed by atoms with Crippen LogP contribution < -0.4 is 15.4 Å². The van der Waals surface area contributed by atoms with Crippen LogP contribution in [-0.4, -0.2) is 50.8 Å². The van der Waals surface area contributed by atoms with Crippen LogP contribution >= 0.6 is 0 Å². The van der Waals surface area contributed by atoms with E-state index in [4.69, 9.17) is 9.72 Å². The highest BCUT2D eigenvalue weighted by Gasteiger charge is 2.16. The molecule has 8 heteroatoms. The number of imidazole rings is 1. The molecular weight excluding hydrogens is 366 g/mol. The van der Waals surface area contributed by atoms with Crippen LogP contribution in [-0.2, 0) is 0 Å². The maximum atomic E-state index is 5.57. The summed E-state index contributed by atoms with van der Waals surface area (Å²) in [5.74, 6) is 1.65. The number of methoxy groups -OCH3 is 1. The smallest absolute Gasteiger partial charge is 0.140 e. The number of aromatic nitrogens is 5. The Bertz CT molecular complexity index is 1110. The van der Waals surface area contributed by atoms with Gasteiger partial charge < -0.3 is 15.4 Å². The Morgan fingerprint density at radius 3 is 2.90 bits per heavy atom. The van der Waals surface area contributed by atoms with E-state index in [1.807, 2.05) is 47.3 Å². The van der Waals surface area contributed by atoms with Gasteiger partial charge in [0.15, 0.2) is 0 Å². The van der Waals surface area contributed by atoms with Crippen LogP contribution in [0, 0.1) is 0 Å². The maximum absolute atomic E-state index is 5.57. The van der Waals surface area contributed by atoms with Gasteiger partial charge in [-0.05, 0) is 38.1 Å². The number of piperidine rings is 1. The number of aromatic amines is 1. The molecule has 29 heavy (non-hydrogen) atoms. The number of ether oxygens (including phenoxy) is 1. The molecule has 1 fully saturated rings. The fourth-order valence-corrected chi connectivity index (χ4v) is 3.81. The molecule has 1 aliphatic rings. The lowest BCUT2D eigenvalue weighted by Gasteiger charge is -2.24. The number of pyridine rings is 2. The maximum Gasteiger partial charge on any atom is 0.140 e. The SMILES string of the molecule is COc1cc2ncc(-c3cccc(NC4CCNCC4)n3)n2cc1-c1cn[nH]c1. The second-order valence-corrected chi connectivity index (χ2v) is 7.19. The third kappa shape index (κ3) is 3.42. The van der Waals surface area contributed by atoms with Crippen molar-refractivity contribution < 1.29 is 4.74 Å².